The van der Waals surface area contributed by atoms with Gasteiger partial charge in [-0.1, -0.05) is 62.4 Å². The van der Waals surface area contributed by atoms with Crippen LogP contribution >= 0.6 is 0 Å². The van der Waals surface area contributed by atoms with Crippen LogP contribution in [0.25, 0.3) is 44.4 Å². The minimum atomic E-state index is -0.686. The molecule has 4 atom stereocenters. The fraction of sp³-hybridized carbons (Fsp3) is 0.405. The Morgan fingerprint density at radius 2 is 1.42 bits per heavy atom. The first-order valence-corrected chi connectivity index (χ1v) is 18.9. The van der Waals surface area contributed by atoms with Crippen molar-refractivity contribution in [3.8, 4) is 33.6 Å². The zero-order chi connectivity index (χ0) is 39.0. The molecule has 5 aromatic rings. The Balaban J connectivity index is 1.04. The number of carbonyl (C=O) groups excluding carboxylic acids is 3. The molecule has 2 unspecified atom stereocenters. The van der Waals surface area contributed by atoms with Crippen LogP contribution in [0.5, 0.6) is 0 Å². The SMILES string of the molecule is COC(=O)N[C@H](C(=O)N1CCC[C@H]1c1ncc(-c2ccc3cc(-c4ccc(-c5cnc(C6CC(O)CN6C(=O)OC(C)(C)C)[nH]5)cc4)ccc3c2)[nH]1)C(C)C. The normalized spacial score (nSPS) is 19.2. The maximum absolute atomic E-state index is 13.6. The number of fused-ring (bicyclic) bond motifs is 1. The standard InChI is InChI=1S/C42H49N7O6/c1-24(2)36(47-40(52)54-6)39(51)48-17-7-8-34(48)37-43-22-33(46-37)30-16-15-28-18-27(13-14-29(28)19-30)25-9-11-26(12-10-25)32-21-44-38(45-32)35-20-31(50)23-49(35)41(53)55-42(3,4)5/h9-16,18-19,21-22,24,31,34-36,50H,7-8,17,20,23H2,1-6H3,(H,43,46)(H,44,45)(H,47,52)/t31?,34-,35?,36-/m0/s1. The summed E-state index contributed by atoms with van der Waals surface area (Å²) in [6.45, 7) is 10.1. The summed E-state index contributed by atoms with van der Waals surface area (Å²) in [4.78, 5) is 57.9. The summed E-state index contributed by atoms with van der Waals surface area (Å²) >= 11 is 0. The van der Waals surface area contributed by atoms with Gasteiger partial charge >= 0.3 is 12.2 Å². The molecule has 55 heavy (non-hydrogen) atoms. The summed E-state index contributed by atoms with van der Waals surface area (Å²) < 4.78 is 10.3. The number of methoxy groups -OCH3 is 1. The molecule has 13 heteroatoms. The van der Waals surface area contributed by atoms with E-state index in [0.29, 0.717) is 18.8 Å². The van der Waals surface area contributed by atoms with Crippen molar-refractivity contribution in [2.45, 2.75) is 83.7 Å². The van der Waals surface area contributed by atoms with Gasteiger partial charge in [0.25, 0.3) is 0 Å². The van der Waals surface area contributed by atoms with Gasteiger partial charge in [0.05, 0.1) is 55.6 Å². The number of aromatic nitrogens is 4. The van der Waals surface area contributed by atoms with Gasteiger partial charge in [0.2, 0.25) is 5.91 Å². The maximum Gasteiger partial charge on any atom is 0.411 e. The van der Waals surface area contributed by atoms with E-state index in [-0.39, 0.29) is 24.4 Å². The van der Waals surface area contributed by atoms with E-state index in [9.17, 15) is 19.5 Å². The predicted molar refractivity (Wildman–Crippen MR) is 209 cm³/mol. The number of H-pyrrole nitrogens is 2. The molecule has 288 valence electrons. The molecule has 0 aliphatic carbocycles. The average Bonchev–Trinajstić information content (AvgIpc) is 3.99. The molecule has 4 heterocycles. The lowest BCUT2D eigenvalue weighted by atomic mass is 9.98. The quantitative estimate of drug-likeness (QED) is 0.128. The molecule has 3 amide bonds. The molecule has 3 aromatic carbocycles. The number of β-amino-alcohol motifs (C(OH)–C–C–N with tert-alkyl or cyclic N) is 1. The first-order chi connectivity index (χ1) is 26.3. The molecule has 0 radical (unpaired) electrons. The van der Waals surface area contributed by atoms with E-state index in [4.69, 9.17) is 14.5 Å². The second-order valence-corrected chi connectivity index (χ2v) is 15.8. The fourth-order valence-electron chi connectivity index (χ4n) is 7.53. The zero-order valence-electron chi connectivity index (χ0n) is 32.1. The highest BCUT2D eigenvalue weighted by atomic mass is 16.6. The Labute approximate surface area is 320 Å². The predicted octanol–water partition coefficient (Wildman–Crippen LogP) is 7.37. The number of nitrogens with zero attached hydrogens (tertiary/aromatic N) is 4. The van der Waals surface area contributed by atoms with Gasteiger partial charge in [-0.3, -0.25) is 9.69 Å². The molecular weight excluding hydrogens is 699 g/mol. The minimum Gasteiger partial charge on any atom is -0.453 e. The molecule has 2 aromatic heterocycles. The highest BCUT2D eigenvalue weighted by molar-refractivity contribution is 5.91. The van der Waals surface area contributed by atoms with E-state index in [1.54, 1.807) is 11.1 Å². The molecule has 2 fully saturated rings. The third-order valence-electron chi connectivity index (χ3n) is 10.3. The number of imidazole rings is 2. The first kappa shape index (κ1) is 37.6. The number of aliphatic hydroxyl groups excluding tert-OH is 1. The monoisotopic (exact) mass is 747 g/mol. The lowest BCUT2D eigenvalue weighted by molar-refractivity contribution is -0.135. The van der Waals surface area contributed by atoms with Gasteiger partial charge in [-0.05, 0) is 79.1 Å². The summed E-state index contributed by atoms with van der Waals surface area (Å²) in [5, 5.41) is 15.3. The van der Waals surface area contributed by atoms with Crippen molar-refractivity contribution < 1.29 is 29.0 Å². The van der Waals surface area contributed by atoms with E-state index in [2.05, 4.69) is 68.8 Å². The second-order valence-electron chi connectivity index (χ2n) is 15.8. The Morgan fingerprint density at radius 3 is 2.05 bits per heavy atom. The van der Waals surface area contributed by atoms with E-state index in [1.165, 1.54) is 7.11 Å². The van der Waals surface area contributed by atoms with E-state index >= 15 is 0 Å². The van der Waals surface area contributed by atoms with Crippen molar-refractivity contribution in [1.82, 2.24) is 35.1 Å². The molecule has 13 nitrogen and oxygen atoms in total. The number of ether oxygens (including phenoxy) is 2. The van der Waals surface area contributed by atoms with E-state index in [0.717, 1.165) is 63.1 Å². The smallest absolute Gasteiger partial charge is 0.411 e. The number of aliphatic hydroxyl groups is 1. The Kier molecular flexibility index (Phi) is 10.4. The van der Waals surface area contributed by atoms with Crippen LogP contribution in [0.1, 0.15) is 77.6 Å². The lowest BCUT2D eigenvalue weighted by Gasteiger charge is -2.30. The van der Waals surface area contributed by atoms with Crippen LogP contribution in [0.3, 0.4) is 0 Å². The number of alkyl carbamates (subject to hydrolysis) is 1. The first-order valence-electron chi connectivity index (χ1n) is 18.9. The number of nitrogens with one attached hydrogen (secondary N) is 3. The highest BCUT2D eigenvalue weighted by Crippen LogP contribution is 2.36. The molecule has 2 aliphatic rings. The molecular formula is C42H49N7O6. The van der Waals surface area contributed by atoms with Gasteiger partial charge < -0.3 is 34.8 Å². The second kappa shape index (κ2) is 15.2. The van der Waals surface area contributed by atoms with Crippen molar-refractivity contribution in [3.63, 3.8) is 0 Å². The molecule has 2 aliphatic heterocycles. The average molecular weight is 748 g/mol. The summed E-state index contributed by atoms with van der Waals surface area (Å²) in [6.07, 6.45) is 3.86. The number of likely N-dealkylation sites (tertiary alicyclic amines) is 2. The number of hydrogen-bond acceptors (Lipinski definition) is 8. The Hall–Kier alpha value is -5.69. The van der Waals surface area contributed by atoms with Crippen LogP contribution in [-0.2, 0) is 14.3 Å². The molecule has 2 saturated heterocycles. The topological polar surface area (TPSA) is 166 Å². The van der Waals surface area contributed by atoms with Crippen LogP contribution in [0.2, 0.25) is 0 Å². The Morgan fingerprint density at radius 1 is 0.836 bits per heavy atom. The number of aromatic amines is 2. The van der Waals surface area contributed by atoms with Crippen molar-refractivity contribution in [2.75, 3.05) is 20.2 Å². The van der Waals surface area contributed by atoms with Gasteiger partial charge in [-0.25, -0.2) is 19.6 Å². The lowest BCUT2D eigenvalue weighted by Crippen LogP contribution is -2.51. The van der Waals surface area contributed by atoms with Crippen molar-refractivity contribution in [1.29, 1.82) is 0 Å². The van der Waals surface area contributed by atoms with Gasteiger partial charge in [-0.15, -0.1) is 0 Å². The van der Waals surface area contributed by atoms with Crippen LogP contribution < -0.4 is 5.32 Å². The van der Waals surface area contributed by atoms with Crippen LogP contribution in [0.4, 0.5) is 9.59 Å². The third kappa shape index (κ3) is 8.07. The number of amides is 3. The van der Waals surface area contributed by atoms with Crippen LogP contribution in [0.15, 0.2) is 73.1 Å². The number of hydrogen-bond donors (Lipinski definition) is 4. The molecule has 0 spiro atoms. The maximum atomic E-state index is 13.6. The van der Waals surface area contributed by atoms with Gasteiger partial charge in [0.1, 0.15) is 23.3 Å². The molecule has 7 rings (SSSR count). The summed E-state index contributed by atoms with van der Waals surface area (Å²) in [6, 6.07) is 19.7. The van der Waals surface area contributed by atoms with Crippen LogP contribution in [-0.4, -0.2) is 90.9 Å². The van der Waals surface area contributed by atoms with Crippen molar-refractivity contribution in [2.24, 2.45) is 5.92 Å². The van der Waals surface area contributed by atoms with Crippen molar-refractivity contribution >= 4 is 28.9 Å². The summed E-state index contributed by atoms with van der Waals surface area (Å²) in [5.41, 5.74) is 5.15. The third-order valence-corrected chi connectivity index (χ3v) is 10.3. The summed E-state index contributed by atoms with van der Waals surface area (Å²) in [5.74, 6) is 1.10. The van der Waals surface area contributed by atoms with Gasteiger partial charge in [-0.2, -0.15) is 0 Å². The van der Waals surface area contributed by atoms with Crippen molar-refractivity contribution in [3.05, 3.63) is 84.7 Å². The fourth-order valence-corrected chi connectivity index (χ4v) is 7.53. The van der Waals surface area contributed by atoms with Gasteiger partial charge in [0.15, 0.2) is 0 Å². The number of carbonyl (C=O) groups is 3. The van der Waals surface area contributed by atoms with E-state index in [1.807, 2.05) is 57.8 Å². The molecule has 0 saturated carbocycles. The summed E-state index contributed by atoms with van der Waals surface area (Å²) in [7, 11) is 1.29. The van der Waals surface area contributed by atoms with Crippen LogP contribution in [0, 0.1) is 5.92 Å². The molecule has 4 N–H and O–H groups in total. The zero-order valence-corrected chi connectivity index (χ0v) is 32.1. The molecule has 0 bridgehead atoms. The number of rotatable bonds is 8. The number of benzene rings is 3. The Bertz CT molecular complexity index is 2190. The van der Waals surface area contributed by atoms with E-state index < -0.39 is 36.0 Å². The highest BCUT2D eigenvalue weighted by Gasteiger charge is 2.40. The minimum absolute atomic E-state index is 0.104. The van der Waals surface area contributed by atoms with Gasteiger partial charge in [0, 0.05) is 18.5 Å². The largest absolute Gasteiger partial charge is 0.453 e.